The van der Waals surface area contributed by atoms with E-state index < -0.39 is 0 Å². The summed E-state index contributed by atoms with van der Waals surface area (Å²) in [7, 11) is 1.41. The summed E-state index contributed by atoms with van der Waals surface area (Å²) in [6, 6.07) is 0.174. The van der Waals surface area contributed by atoms with Gasteiger partial charge in [-0.15, -0.1) is 0 Å². The lowest BCUT2D eigenvalue weighted by molar-refractivity contribution is -0.140. The van der Waals surface area contributed by atoms with Gasteiger partial charge in [-0.1, -0.05) is 0 Å². The molecule has 0 saturated heterocycles. The maximum atomic E-state index is 11.0. The van der Waals surface area contributed by atoms with E-state index in [4.69, 9.17) is 0 Å². The van der Waals surface area contributed by atoms with E-state index in [1.807, 2.05) is 0 Å². The summed E-state index contributed by atoms with van der Waals surface area (Å²) in [5.41, 5.74) is 2.12. The molecule has 1 atom stereocenters. The summed E-state index contributed by atoms with van der Waals surface area (Å²) >= 11 is 0. The van der Waals surface area contributed by atoms with Gasteiger partial charge < -0.3 is 10.1 Å². The molecule has 0 bridgehead atoms. The number of aromatic nitrogens is 2. The first kappa shape index (κ1) is 9.05. The van der Waals surface area contributed by atoms with Crippen molar-refractivity contribution in [1.29, 1.82) is 0 Å². The number of rotatable bonds is 2. The largest absolute Gasteiger partial charge is 0.469 e. The molecule has 1 aromatic heterocycles. The quantitative estimate of drug-likeness (QED) is 0.682. The molecule has 14 heavy (non-hydrogen) atoms. The average molecular weight is 195 g/mol. The van der Waals surface area contributed by atoms with E-state index in [9.17, 15) is 4.79 Å². The normalized spacial score (nSPS) is 19.6. The first-order chi connectivity index (χ1) is 6.79. The van der Waals surface area contributed by atoms with Crippen LogP contribution in [0.15, 0.2) is 6.20 Å². The number of hydrogen-bond donors (Lipinski definition) is 2. The zero-order valence-electron chi connectivity index (χ0n) is 8.04. The Hall–Kier alpha value is -1.52. The van der Waals surface area contributed by atoms with Crippen LogP contribution in [0.1, 0.15) is 18.5 Å². The molecule has 5 nitrogen and oxygen atoms in total. The van der Waals surface area contributed by atoms with Crippen LogP contribution < -0.4 is 5.32 Å². The average Bonchev–Trinajstić information content (AvgIpc) is 2.64. The Kier molecular flexibility index (Phi) is 2.39. The molecule has 1 aliphatic heterocycles. The van der Waals surface area contributed by atoms with Crippen molar-refractivity contribution >= 4 is 11.7 Å². The lowest BCUT2D eigenvalue weighted by Crippen LogP contribution is -2.28. The number of aryl methyl sites for hydroxylation is 1. The Morgan fingerprint density at radius 2 is 2.64 bits per heavy atom. The summed E-state index contributed by atoms with van der Waals surface area (Å²) in [6.07, 6.45) is 4.04. The van der Waals surface area contributed by atoms with Crippen LogP contribution in [0.2, 0.25) is 0 Å². The van der Waals surface area contributed by atoms with Crippen molar-refractivity contribution in [1.82, 2.24) is 10.2 Å². The fourth-order valence-corrected chi connectivity index (χ4v) is 1.68. The first-order valence-electron chi connectivity index (χ1n) is 4.65. The summed E-state index contributed by atoms with van der Waals surface area (Å²) in [5, 5.41) is 10.1. The van der Waals surface area contributed by atoms with E-state index in [2.05, 4.69) is 20.3 Å². The minimum atomic E-state index is -0.172. The molecule has 0 fully saturated rings. The van der Waals surface area contributed by atoms with Crippen LogP contribution in [-0.2, 0) is 16.0 Å². The molecular weight excluding hydrogens is 182 g/mol. The molecule has 0 amide bonds. The van der Waals surface area contributed by atoms with Crippen LogP contribution in [-0.4, -0.2) is 29.3 Å². The number of carbonyl (C=O) groups is 1. The summed E-state index contributed by atoms with van der Waals surface area (Å²) < 4.78 is 4.62. The molecule has 2 heterocycles. The van der Waals surface area contributed by atoms with Crippen molar-refractivity contribution in [3.8, 4) is 0 Å². The molecule has 1 unspecified atom stereocenters. The predicted molar refractivity (Wildman–Crippen MR) is 51.0 cm³/mol. The number of nitrogens with one attached hydrogen (secondary N) is 2. The number of anilines is 1. The monoisotopic (exact) mass is 195 g/mol. The molecule has 2 N–H and O–H groups in total. The standard InChI is InChI=1S/C9H13N3O2/c1-14-9(13)4-6-2-3-7-8(11-6)5-10-12-7/h5-6,11H,2-4H2,1H3,(H,10,12). The van der Waals surface area contributed by atoms with E-state index >= 15 is 0 Å². The van der Waals surface area contributed by atoms with Gasteiger partial charge in [0.05, 0.1) is 31.1 Å². The Labute approximate surface area is 81.8 Å². The summed E-state index contributed by atoms with van der Waals surface area (Å²) in [5.74, 6) is -0.172. The number of fused-ring (bicyclic) bond motifs is 1. The second-order valence-electron chi connectivity index (χ2n) is 3.42. The lowest BCUT2D eigenvalue weighted by Gasteiger charge is -2.22. The molecule has 0 saturated carbocycles. The highest BCUT2D eigenvalue weighted by molar-refractivity contribution is 5.71. The van der Waals surface area contributed by atoms with E-state index in [1.54, 1.807) is 6.20 Å². The second-order valence-corrected chi connectivity index (χ2v) is 3.42. The number of methoxy groups -OCH3 is 1. The zero-order valence-corrected chi connectivity index (χ0v) is 8.04. The predicted octanol–water partition coefficient (Wildman–Crippen LogP) is 0.699. The minimum absolute atomic E-state index is 0.172. The molecule has 5 heteroatoms. The van der Waals surface area contributed by atoms with Gasteiger partial charge in [0.1, 0.15) is 0 Å². The molecule has 0 aromatic carbocycles. The van der Waals surface area contributed by atoms with Crippen molar-refractivity contribution in [2.24, 2.45) is 0 Å². The number of ether oxygens (including phenoxy) is 1. The first-order valence-corrected chi connectivity index (χ1v) is 4.65. The van der Waals surface area contributed by atoms with Crippen LogP contribution >= 0.6 is 0 Å². The molecule has 0 radical (unpaired) electrons. The summed E-state index contributed by atoms with van der Waals surface area (Å²) in [6.45, 7) is 0. The molecule has 2 rings (SSSR count). The number of H-pyrrole nitrogens is 1. The number of aromatic amines is 1. The van der Waals surface area contributed by atoms with Crippen molar-refractivity contribution in [2.45, 2.75) is 25.3 Å². The van der Waals surface area contributed by atoms with Gasteiger partial charge in [0.25, 0.3) is 0 Å². The summed E-state index contributed by atoms with van der Waals surface area (Å²) in [4.78, 5) is 11.0. The highest BCUT2D eigenvalue weighted by Crippen LogP contribution is 2.23. The number of esters is 1. The third-order valence-electron chi connectivity index (χ3n) is 2.46. The van der Waals surface area contributed by atoms with E-state index in [-0.39, 0.29) is 12.0 Å². The molecule has 76 valence electrons. The SMILES string of the molecule is COC(=O)CC1CCc2[nH]ncc2N1. The Bertz CT molecular complexity index is 335. The van der Waals surface area contributed by atoms with Gasteiger partial charge in [0, 0.05) is 6.04 Å². The lowest BCUT2D eigenvalue weighted by atomic mass is 10.0. The van der Waals surface area contributed by atoms with E-state index in [0.29, 0.717) is 6.42 Å². The van der Waals surface area contributed by atoms with E-state index in [0.717, 1.165) is 24.2 Å². The highest BCUT2D eigenvalue weighted by Gasteiger charge is 2.21. The molecule has 0 spiro atoms. The number of carbonyl (C=O) groups excluding carboxylic acids is 1. The van der Waals surface area contributed by atoms with Gasteiger partial charge in [-0.25, -0.2) is 0 Å². The molecule has 0 aliphatic carbocycles. The highest BCUT2D eigenvalue weighted by atomic mass is 16.5. The van der Waals surface area contributed by atoms with Gasteiger partial charge in [-0.3, -0.25) is 9.89 Å². The van der Waals surface area contributed by atoms with Crippen molar-refractivity contribution in [3.63, 3.8) is 0 Å². The van der Waals surface area contributed by atoms with Crippen LogP contribution in [0.5, 0.6) is 0 Å². The maximum Gasteiger partial charge on any atom is 0.307 e. The van der Waals surface area contributed by atoms with Crippen LogP contribution in [0, 0.1) is 0 Å². The number of hydrogen-bond acceptors (Lipinski definition) is 4. The molecular formula is C9H13N3O2. The Morgan fingerprint density at radius 3 is 3.43 bits per heavy atom. The topological polar surface area (TPSA) is 67.0 Å². The fourth-order valence-electron chi connectivity index (χ4n) is 1.68. The van der Waals surface area contributed by atoms with Gasteiger partial charge in [-0.2, -0.15) is 5.10 Å². The van der Waals surface area contributed by atoms with Crippen molar-refractivity contribution < 1.29 is 9.53 Å². The second kappa shape index (κ2) is 3.69. The third kappa shape index (κ3) is 1.71. The van der Waals surface area contributed by atoms with Gasteiger partial charge in [0.15, 0.2) is 0 Å². The maximum absolute atomic E-state index is 11.0. The fraction of sp³-hybridized carbons (Fsp3) is 0.556. The van der Waals surface area contributed by atoms with E-state index in [1.165, 1.54) is 7.11 Å². The van der Waals surface area contributed by atoms with Crippen LogP contribution in [0.4, 0.5) is 5.69 Å². The smallest absolute Gasteiger partial charge is 0.307 e. The molecule has 1 aromatic rings. The van der Waals surface area contributed by atoms with Crippen LogP contribution in [0.3, 0.4) is 0 Å². The Balaban J connectivity index is 1.97. The molecule has 1 aliphatic rings. The van der Waals surface area contributed by atoms with Gasteiger partial charge >= 0.3 is 5.97 Å². The Morgan fingerprint density at radius 1 is 1.79 bits per heavy atom. The van der Waals surface area contributed by atoms with Crippen LogP contribution in [0.25, 0.3) is 0 Å². The van der Waals surface area contributed by atoms with Crippen molar-refractivity contribution in [2.75, 3.05) is 12.4 Å². The number of nitrogens with zero attached hydrogens (tertiary/aromatic N) is 1. The third-order valence-corrected chi connectivity index (χ3v) is 2.46. The van der Waals surface area contributed by atoms with Gasteiger partial charge in [-0.05, 0) is 12.8 Å². The zero-order chi connectivity index (χ0) is 9.97. The minimum Gasteiger partial charge on any atom is -0.469 e. The van der Waals surface area contributed by atoms with Crippen molar-refractivity contribution in [3.05, 3.63) is 11.9 Å². The van der Waals surface area contributed by atoms with Gasteiger partial charge in [0.2, 0.25) is 0 Å².